The second-order valence-electron chi connectivity index (χ2n) is 7.02. The van der Waals surface area contributed by atoms with Gasteiger partial charge in [-0.05, 0) is 58.4 Å². The molecule has 7 nitrogen and oxygen atoms in total. The van der Waals surface area contributed by atoms with Crippen LogP contribution >= 0.6 is 0 Å². The Morgan fingerprint density at radius 1 is 1.19 bits per heavy atom. The molecule has 2 heterocycles. The van der Waals surface area contributed by atoms with Crippen LogP contribution in [0.1, 0.15) is 40.2 Å². The van der Waals surface area contributed by atoms with Crippen molar-refractivity contribution in [2.75, 3.05) is 19.6 Å². The van der Waals surface area contributed by atoms with Crippen LogP contribution in [0.25, 0.3) is 5.82 Å². The van der Waals surface area contributed by atoms with Crippen LogP contribution in [-0.2, 0) is 6.54 Å². The topological polar surface area (TPSA) is 70.4 Å². The SMILES string of the molecule is CCNC(=NCc1ccnc(-n2cccn2)c1)NCCN(C(C)C)C(C)C. The molecule has 0 unspecified atom stereocenters. The Balaban J connectivity index is 1.96. The third kappa shape index (κ3) is 6.67. The molecule has 0 aromatic carbocycles. The van der Waals surface area contributed by atoms with Crippen molar-refractivity contribution in [3.8, 4) is 5.82 Å². The van der Waals surface area contributed by atoms with Gasteiger partial charge in [-0.2, -0.15) is 5.10 Å². The van der Waals surface area contributed by atoms with Crippen LogP contribution in [0.15, 0.2) is 41.8 Å². The highest BCUT2D eigenvalue weighted by molar-refractivity contribution is 5.79. The van der Waals surface area contributed by atoms with Crippen molar-refractivity contribution in [1.29, 1.82) is 0 Å². The van der Waals surface area contributed by atoms with E-state index in [0.717, 1.165) is 37.0 Å². The normalized spacial score (nSPS) is 12.2. The molecule has 0 aliphatic rings. The van der Waals surface area contributed by atoms with E-state index in [9.17, 15) is 0 Å². The van der Waals surface area contributed by atoms with Crippen molar-refractivity contribution in [1.82, 2.24) is 30.3 Å². The first-order valence-electron chi connectivity index (χ1n) is 9.74. The molecule has 0 atom stereocenters. The Kier molecular flexibility index (Phi) is 8.26. The molecule has 2 rings (SSSR count). The third-order valence-electron chi connectivity index (χ3n) is 4.30. The molecule has 0 saturated carbocycles. The molecule has 0 bridgehead atoms. The number of nitrogens with one attached hydrogen (secondary N) is 2. The van der Waals surface area contributed by atoms with Crippen LogP contribution < -0.4 is 10.6 Å². The van der Waals surface area contributed by atoms with E-state index in [1.807, 2.05) is 24.4 Å². The second-order valence-corrected chi connectivity index (χ2v) is 7.02. The van der Waals surface area contributed by atoms with Crippen LogP contribution in [-0.4, -0.2) is 57.3 Å². The molecule has 0 saturated heterocycles. The standard InChI is InChI=1S/C20H33N7/c1-6-21-20(23-11-13-26(16(2)3)17(4)5)24-15-18-8-10-22-19(14-18)27-12-7-9-25-27/h7-10,12,14,16-17H,6,11,13,15H2,1-5H3,(H2,21,23,24). The minimum absolute atomic E-state index is 0.531. The largest absolute Gasteiger partial charge is 0.357 e. The van der Waals surface area contributed by atoms with E-state index >= 15 is 0 Å². The minimum atomic E-state index is 0.531. The average Bonchev–Trinajstić information content (AvgIpc) is 3.17. The van der Waals surface area contributed by atoms with Crippen molar-refractivity contribution in [2.24, 2.45) is 4.99 Å². The Labute approximate surface area is 162 Å². The van der Waals surface area contributed by atoms with E-state index in [1.165, 1.54) is 0 Å². The molecular formula is C20H33N7. The lowest BCUT2D eigenvalue weighted by atomic mass is 10.2. The van der Waals surface area contributed by atoms with Gasteiger partial charge in [-0.1, -0.05) is 0 Å². The molecule has 2 N–H and O–H groups in total. The number of guanidine groups is 1. The van der Waals surface area contributed by atoms with Gasteiger partial charge in [-0.15, -0.1) is 0 Å². The van der Waals surface area contributed by atoms with Gasteiger partial charge >= 0.3 is 0 Å². The minimum Gasteiger partial charge on any atom is -0.357 e. The Hall–Kier alpha value is -2.41. The van der Waals surface area contributed by atoms with Gasteiger partial charge in [-0.3, -0.25) is 4.90 Å². The van der Waals surface area contributed by atoms with Crippen LogP contribution in [0, 0.1) is 0 Å². The molecule has 0 aliphatic carbocycles. The first-order valence-corrected chi connectivity index (χ1v) is 9.74. The summed E-state index contributed by atoms with van der Waals surface area (Å²) in [5.41, 5.74) is 1.10. The first kappa shape index (κ1) is 20.9. The summed E-state index contributed by atoms with van der Waals surface area (Å²) in [6.45, 7) is 14.3. The number of aromatic nitrogens is 3. The fourth-order valence-electron chi connectivity index (χ4n) is 3.02. The molecule has 0 aliphatic heterocycles. The van der Waals surface area contributed by atoms with E-state index in [4.69, 9.17) is 4.99 Å². The third-order valence-corrected chi connectivity index (χ3v) is 4.30. The number of hydrogen-bond acceptors (Lipinski definition) is 4. The van der Waals surface area contributed by atoms with Gasteiger partial charge in [-0.25, -0.2) is 14.7 Å². The second kappa shape index (κ2) is 10.7. The lowest BCUT2D eigenvalue weighted by Gasteiger charge is -2.30. The number of aliphatic imine (C=N–C) groups is 1. The van der Waals surface area contributed by atoms with Gasteiger partial charge in [0.1, 0.15) is 0 Å². The zero-order chi connectivity index (χ0) is 19.6. The number of rotatable bonds is 9. The Morgan fingerprint density at radius 3 is 2.59 bits per heavy atom. The summed E-state index contributed by atoms with van der Waals surface area (Å²) in [4.78, 5) is 11.5. The molecule has 2 aromatic heterocycles. The highest BCUT2D eigenvalue weighted by Crippen LogP contribution is 2.07. The van der Waals surface area contributed by atoms with Crippen LogP contribution in [0.2, 0.25) is 0 Å². The quantitative estimate of drug-likeness (QED) is 0.523. The number of pyridine rings is 1. The summed E-state index contributed by atoms with van der Waals surface area (Å²) >= 11 is 0. The zero-order valence-electron chi connectivity index (χ0n) is 17.2. The van der Waals surface area contributed by atoms with Gasteiger partial charge in [0.25, 0.3) is 0 Å². The first-order chi connectivity index (χ1) is 13.0. The van der Waals surface area contributed by atoms with E-state index in [1.54, 1.807) is 17.1 Å². The van der Waals surface area contributed by atoms with Crippen molar-refractivity contribution in [2.45, 2.75) is 53.2 Å². The van der Waals surface area contributed by atoms with Crippen LogP contribution in [0.4, 0.5) is 0 Å². The van der Waals surface area contributed by atoms with Gasteiger partial charge in [0.2, 0.25) is 0 Å². The Morgan fingerprint density at radius 2 is 1.96 bits per heavy atom. The Bertz CT molecular complexity index is 684. The van der Waals surface area contributed by atoms with E-state index in [2.05, 4.69) is 60.2 Å². The van der Waals surface area contributed by atoms with Gasteiger partial charge < -0.3 is 10.6 Å². The molecule has 148 valence electrons. The predicted octanol–water partition coefficient (Wildman–Crippen LogP) is 2.44. The number of nitrogens with zero attached hydrogens (tertiary/aromatic N) is 5. The summed E-state index contributed by atoms with van der Waals surface area (Å²) in [6.07, 6.45) is 5.43. The summed E-state index contributed by atoms with van der Waals surface area (Å²) in [6, 6.07) is 6.95. The summed E-state index contributed by atoms with van der Waals surface area (Å²) in [5, 5.41) is 11.0. The molecule has 0 spiro atoms. The number of hydrogen-bond donors (Lipinski definition) is 2. The molecule has 7 heteroatoms. The highest BCUT2D eigenvalue weighted by Gasteiger charge is 2.12. The molecule has 2 aromatic rings. The van der Waals surface area contributed by atoms with Crippen LogP contribution in [0.5, 0.6) is 0 Å². The maximum Gasteiger partial charge on any atom is 0.191 e. The van der Waals surface area contributed by atoms with Gasteiger partial charge in [0.15, 0.2) is 11.8 Å². The molecule has 0 amide bonds. The summed E-state index contributed by atoms with van der Waals surface area (Å²) in [7, 11) is 0. The van der Waals surface area contributed by atoms with Gasteiger partial charge in [0, 0.05) is 50.3 Å². The summed E-state index contributed by atoms with van der Waals surface area (Å²) in [5.74, 6) is 1.64. The van der Waals surface area contributed by atoms with Crippen molar-refractivity contribution < 1.29 is 0 Å². The van der Waals surface area contributed by atoms with E-state index in [-0.39, 0.29) is 0 Å². The van der Waals surface area contributed by atoms with E-state index in [0.29, 0.717) is 18.6 Å². The van der Waals surface area contributed by atoms with Crippen molar-refractivity contribution in [3.05, 3.63) is 42.4 Å². The molecule has 0 fully saturated rings. The highest BCUT2D eigenvalue weighted by atomic mass is 15.3. The lowest BCUT2D eigenvalue weighted by Crippen LogP contribution is -2.45. The monoisotopic (exact) mass is 371 g/mol. The fourth-order valence-corrected chi connectivity index (χ4v) is 3.02. The van der Waals surface area contributed by atoms with Crippen LogP contribution in [0.3, 0.4) is 0 Å². The molecular weight excluding hydrogens is 338 g/mol. The summed E-state index contributed by atoms with van der Waals surface area (Å²) < 4.78 is 1.75. The predicted molar refractivity (Wildman–Crippen MR) is 111 cm³/mol. The average molecular weight is 372 g/mol. The maximum atomic E-state index is 4.71. The van der Waals surface area contributed by atoms with Gasteiger partial charge in [0.05, 0.1) is 6.54 Å². The molecule has 0 radical (unpaired) electrons. The zero-order valence-corrected chi connectivity index (χ0v) is 17.2. The van der Waals surface area contributed by atoms with Crippen molar-refractivity contribution in [3.63, 3.8) is 0 Å². The smallest absolute Gasteiger partial charge is 0.191 e. The van der Waals surface area contributed by atoms with E-state index < -0.39 is 0 Å². The fraction of sp³-hybridized carbons (Fsp3) is 0.550. The maximum absolute atomic E-state index is 4.71. The lowest BCUT2D eigenvalue weighted by molar-refractivity contribution is 0.178. The molecule has 27 heavy (non-hydrogen) atoms. The van der Waals surface area contributed by atoms with Crippen molar-refractivity contribution >= 4 is 5.96 Å².